The molecule has 0 aliphatic rings. The van der Waals surface area contributed by atoms with E-state index in [1.807, 2.05) is 0 Å². The molecule has 0 heterocycles. The third-order valence-electron chi connectivity index (χ3n) is 3.73. The van der Waals surface area contributed by atoms with E-state index in [1.165, 1.54) is 25.7 Å². The predicted octanol–water partition coefficient (Wildman–Crippen LogP) is 5.08. The smallest absolute Gasteiger partial charge is 0.303 e. The third-order valence-corrected chi connectivity index (χ3v) is 3.73. The first kappa shape index (κ1) is 24.3. The summed E-state index contributed by atoms with van der Waals surface area (Å²) in [7, 11) is 0. The van der Waals surface area contributed by atoms with Crippen LogP contribution in [-0.4, -0.2) is 22.3 Å². The van der Waals surface area contributed by atoms with E-state index in [9.17, 15) is 9.90 Å². The standard InChI is InChI=1S/C18H34O3.Zr/c1-2-3-4-11-14-17(19)15-12-9-7-5-6-8-10-13-16-18(20)21;/h9,12,17,19H,2-8,10-11,13-16H2,1H3,(H,20,21);/b12-9-;/t17-;/m1./s1. The van der Waals surface area contributed by atoms with Crippen molar-refractivity contribution in [2.24, 2.45) is 0 Å². The molecule has 0 amide bonds. The molecule has 22 heavy (non-hydrogen) atoms. The van der Waals surface area contributed by atoms with Crippen LogP contribution in [0.1, 0.15) is 90.4 Å². The molecule has 0 aromatic carbocycles. The molecular weight excluding hydrogens is 355 g/mol. The Hall–Kier alpha value is 0.0531. The van der Waals surface area contributed by atoms with Gasteiger partial charge in [0.2, 0.25) is 0 Å². The number of hydrogen-bond donors (Lipinski definition) is 2. The molecule has 0 aromatic rings. The van der Waals surface area contributed by atoms with Gasteiger partial charge in [-0.25, -0.2) is 0 Å². The molecule has 0 bridgehead atoms. The minimum absolute atomic E-state index is 0. The SMILES string of the molecule is CCCCCC[C@@H](O)C/C=C\CCCCCCCC(=O)O.[Zr]. The summed E-state index contributed by atoms with van der Waals surface area (Å²) in [5.41, 5.74) is 0. The van der Waals surface area contributed by atoms with Crippen molar-refractivity contribution in [1.82, 2.24) is 0 Å². The van der Waals surface area contributed by atoms with E-state index in [0.717, 1.165) is 51.4 Å². The summed E-state index contributed by atoms with van der Waals surface area (Å²) in [6, 6.07) is 0. The first-order chi connectivity index (χ1) is 10.2. The number of hydrogen-bond acceptors (Lipinski definition) is 2. The van der Waals surface area contributed by atoms with Gasteiger partial charge < -0.3 is 10.2 Å². The van der Waals surface area contributed by atoms with Gasteiger partial charge in [0.25, 0.3) is 0 Å². The Morgan fingerprint density at radius 2 is 1.59 bits per heavy atom. The van der Waals surface area contributed by atoms with Gasteiger partial charge in [-0.2, -0.15) is 0 Å². The zero-order valence-corrected chi connectivity index (χ0v) is 16.7. The van der Waals surface area contributed by atoms with Gasteiger partial charge in [0.15, 0.2) is 0 Å². The molecule has 0 rings (SSSR count). The maximum absolute atomic E-state index is 10.3. The van der Waals surface area contributed by atoms with Crippen molar-refractivity contribution in [3.63, 3.8) is 0 Å². The van der Waals surface area contributed by atoms with Crippen LogP contribution in [-0.2, 0) is 31.0 Å². The predicted molar refractivity (Wildman–Crippen MR) is 88.5 cm³/mol. The van der Waals surface area contributed by atoms with Crippen molar-refractivity contribution in [2.75, 3.05) is 0 Å². The first-order valence-electron chi connectivity index (χ1n) is 8.71. The van der Waals surface area contributed by atoms with Crippen molar-refractivity contribution >= 4 is 5.97 Å². The number of carboxylic acid groups (broad SMARTS) is 1. The molecule has 0 fully saturated rings. The number of aliphatic hydroxyl groups is 1. The Labute approximate surface area is 155 Å². The van der Waals surface area contributed by atoms with Crippen LogP contribution in [0.4, 0.5) is 0 Å². The van der Waals surface area contributed by atoms with Gasteiger partial charge in [0.05, 0.1) is 6.10 Å². The molecule has 0 unspecified atom stereocenters. The van der Waals surface area contributed by atoms with Crippen LogP contribution in [0.2, 0.25) is 0 Å². The van der Waals surface area contributed by atoms with E-state index in [2.05, 4.69) is 19.1 Å². The Bertz CT molecular complexity index is 267. The Kier molecular flexibility index (Phi) is 21.1. The quantitative estimate of drug-likeness (QED) is 0.303. The van der Waals surface area contributed by atoms with Gasteiger partial charge in [-0.3, -0.25) is 4.79 Å². The Morgan fingerprint density at radius 3 is 2.27 bits per heavy atom. The molecule has 0 radical (unpaired) electrons. The topological polar surface area (TPSA) is 57.5 Å². The minimum Gasteiger partial charge on any atom is -0.481 e. The molecule has 0 aromatic heterocycles. The van der Waals surface area contributed by atoms with E-state index >= 15 is 0 Å². The summed E-state index contributed by atoms with van der Waals surface area (Å²) < 4.78 is 0. The van der Waals surface area contributed by atoms with Crippen molar-refractivity contribution < 1.29 is 41.2 Å². The number of unbranched alkanes of at least 4 members (excludes halogenated alkanes) is 8. The summed E-state index contributed by atoms with van der Waals surface area (Å²) in [5.74, 6) is -0.689. The van der Waals surface area contributed by atoms with E-state index in [-0.39, 0.29) is 32.3 Å². The zero-order valence-electron chi connectivity index (χ0n) is 14.2. The summed E-state index contributed by atoms with van der Waals surface area (Å²) in [6.45, 7) is 2.20. The minimum atomic E-state index is -0.689. The van der Waals surface area contributed by atoms with Gasteiger partial charge in [-0.05, 0) is 32.1 Å². The Balaban J connectivity index is 0. The van der Waals surface area contributed by atoms with E-state index in [4.69, 9.17) is 5.11 Å². The molecule has 3 nitrogen and oxygen atoms in total. The molecule has 0 spiro atoms. The Morgan fingerprint density at radius 1 is 0.955 bits per heavy atom. The fraction of sp³-hybridized carbons (Fsp3) is 0.833. The fourth-order valence-corrected chi connectivity index (χ4v) is 2.36. The average Bonchev–Trinajstić information content (AvgIpc) is 2.45. The number of rotatable bonds is 15. The summed E-state index contributed by atoms with van der Waals surface area (Å²) in [5, 5.41) is 18.3. The summed E-state index contributed by atoms with van der Waals surface area (Å²) >= 11 is 0. The normalized spacial score (nSPS) is 12.3. The fourth-order valence-electron chi connectivity index (χ4n) is 2.36. The number of allylic oxidation sites excluding steroid dienone is 1. The average molecular weight is 390 g/mol. The molecule has 0 aliphatic heterocycles. The van der Waals surface area contributed by atoms with Crippen LogP contribution in [0.5, 0.6) is 0 Å². The van der Waals surface area contributed by atoms with E-state index < -0.39 is 5.97 Å². The maximum Gasteiger partial charge on any atom is 0.303 e. The van der Waals surface area contributed by atoms with Crippen LogP contribution < -0.4 is 0 Å². The second kappa shape index (κ2) is 19.1. The second-order valence-corrected chi connectivity index (χ2v) is 5.91. The van der Waals surface area contributed by atoms with Crippen LogP contribution in [0.15, 0.2) is 12.2 Å². The van der Waals surface area contributed by atoms with E-state index in [1.54, 1.807) is 0 Å². The largest absolute Gasteiger partial charge is 0.481 e. The van der Waals surface area contributed by atoms with Gasteiger partial charge in [0.1, 0.15) is 0 Å². The summed E-state index contributed by atoms with van der Waals surface area (Å²) in [4.78, 5) is 10.3. The second-order valence-electron chi connectivity index (χ2n) is 5.91. The molecule has 0 aliphatic carbocycles. The molecule has 1 atom stereocenters. The van der Waals surface area contributed by atoms with Crippen molar-refractivity contribution in [2.45, 2.75) is 96.5 Å². The molecule has 0 saturated carbocycles. The monoisotopic (exact) mass is 388 g/mol. The van der Waals surface area contributed by atoms with Gasteiger partial charge in [-0.1, -0.05) is 64.0 Å². The van der Waals surface area contributed by atoms with Gasteiger partial charge >= 0.3 is 5.97 Å². The summed E-state index contributed by atoms with van der Waals surface area (Å²) in [6.07, 6.45) is 17.4. The number of carboxylic acids is 1. The molecule has 0 saturated heterocycles. The van der Waals surface area contributed by atoms with Crippen molar-refractivity contribution in [3.8, 4) is 0 Å². The van der Waals surface area contributed by atoms with Gasteiger partial charge in [-0.15, -0.1) is 0 Å². The van der Waals surface area contributed by atoms with Crippen LogP contribution in [0.3, 0.4) is 0 Å². The molecule has 2 N–H and O–H groups in total. The van der Waals surface area contributed by atoms with Crippen molar-refractivity contribution in [1.29, 1.82) is 0 Å². The molecule has 4 heteroatoms. The van der Waals surface area contributed by atoms with Crippen LogP contribution >= 0.6 is 0 Å². The van der Waals surface area contributed by atoms with Crippen molar-refractivity contribution in [3.05, 3.63) is 12.2 Å². The van der Waals surface area contributed by atoms with E-state index in [0.29, 0.717) is 6.42 Å². The number of aliphatic hydroxyl groups excluding tert-OH is 1. The number of carbonyl (C=O) groups is 1. The first-order valence-corrected chi connectivity index (χ1v) is 8.71. The maximum atomic E-state index is 10.3. The molecular formula is C18H34O3Zr. The zero-order chi connectivity index (χ0) is 15.8. The molecule has 128 valence electrons. The number of aliphatic carboxylic acids is 1. The van der Waals surface area contributed by atoms with Crippen LogP contribution in [0.25, 0.3) is 0 Å². The van der Waals surface area contributed by atoms with Crippen LogP contribution in [0, 0.1) is 0 Å². The third kappa shape index (κ3) is 20.1. The van der Waals surface area contributed by atoms with Gasteiger partial charge in [0, 0.05) is 32.6 Å².